The van der Waals surface area contributed by atoms with Gasteiger partial charge in [-0.15, -0.1) is 0 Å². The first kappa shape index (κ1) is 22.1. The van der Waals surface area contributed by atoms with Crippen molar-refractivity contribution >= 4 is 22.8 Å². The minimum absolute atomic E-state index is 0.294. The smallest absolute Gasteiger partial charge is 0.335 e. The standard InChI is InChI=1S/C27H30N2O3/c1-2-29(24-14-15-28-17-24)18-21(16-20-10-12-23(13-11-20)27(30)31)19-32-26-9-5-7-22-6-3-4-8-25(22)26/h3-13,16,24,28H,2,14-15,17-19H2,1H3,(H,30,31). The Kier molecular flexibility index (Phi) is 7.20. The Morgan fingerprint density at radius 3 is 2.62 bits per heavy atom. The van der Waals surface area contributed by atoms with Crippen LogP contribution in [0.1, 0.15) is 29.3 Å². The molecule has 1 saturated heterocycles. The maximum atomic E-state index is 11.2. The number of nitrogens with zero attached hydrogens (tertiary/aromatic N) is 1. The number of nitrogens with one attached hydrogen (secondary N) is 1. The van der Waals surface area contributed by atoms with Crippen LogP contribution in [0.25, 0.3) is 16.8 Å². The van der Waals surface area contributed by atoms with E-state index in [0.717, 1.165) is 60.3 Å². The molecule has 1 atom stereocenters. The molecule has 0 aromatic heterocycles. The van der Waals surface area contributed by atoms with Crippen molar-refractivity contribution in [2.45, 2.75) is 19.4 Å². The van der Waals surface area contributed by atoms with Crippen LogP contribution in [-0.2, 0) is 0 Å². The third-order valence-corrected chi connectivity index (χ3v) is 6.05. The molecule has 0 radical (unpaired) electrons. The van der Waals surface area contributed by atoms with Crippen molar-refractivity contribution in [3.05, 3.63) is 83.4 Å². The molecule has 32 heavy (non-hydrogen) atoms. The Morgan fingerprint density at radius 2 is 1.91 bits per heavy atom. The lowest BCUT2D eigenvalue weighted by molar-refractivity contribution is 0.0697. The summed E-state index contributed by atoms with van der Waals surface area (Å²) in [4.78, 5) is 13.7. The zero-order valence-electron chi connectivity index (χ0n) is 18.5. The predicted octanol–water partition coefficient (Wildman–Crippen LogP) is 4.68. The summed E-state index contributed by atoms with van der Waals surface area (Å²) in [5.74, 6) is -0.0354. The van der Waals surface area contributed by atoms with E-state index in [1.807, 2.05) is 36.4 Å². The van der Waals surface area contributed by atoms with Gasteiger partial charge < -0.3 is 15.2 Å². The lowest BCUT2D eigenvalue weighted by Gasteiger charge is -2.28. The number of hydrogen-bond donors (Lipinski definition) is 2. The predicted molar refractivity (Wildman–Crippen MR) is 129 cm³/mol. The summed E-state index contributed by atoms with van der Waals surface area (Å²) in [5.41, 5.74) is 2.43. The monoisotopic (exact) mass is 430 g/mol. The minimum Gasteiger partial charge on any atom is -0.489 e. The van der Waals surface area contributed by atoms with Crippen LogP contribution < -0.4 is 10.1 Å². The maximum absolute atomic E-state index is 11.2. The van der Waals surface area contributed by atoms with Gasteiger partial charge in [-0.25, -0.2) is 4.79 Å². The number of likely N-dealkylation sites (N-methyl/N-ethyl adjacent to an activating group) is 1. The molecule has 1 unspecified atom stereocenters. The van der Waals surface area contributed by atoms with Crippen LogP contribution in [0.15, 0.2) is 72.3 Å². The fourth-order valence-electron chi connectivity index (χ4n) is 4.29. The van der Waals surface area contributed by atoms with E-state index < -0.39 is 5.97 Å². The van der Waals surface area contributed by atoms with Gasteiger partial charge >= 0.3 is 5.97 Å². The summed E-state index contributed by atoms with van der Waals surface area (Å²) in [5, 5.41) is 14.9. The summed E-state index contributed by atoms with van der Waals surface area (Å²) in [6.07, 6.45) is 3.28. The van der Waals surface area contributed by atoms with Crippen LogP contribution in [0, 0.1) is 0 Å². The van der Waals surface area contributed by atoms with Gasteiger partial charge in [0.25, 0.3) is 0 Å². The van der Waals surface area contributed by atoms with E-state index in [9.17, 15) is 9.90 Å². The minimum atomic E-state index is -0.911. The molecule has 166 valence electrons. The van der Waals surface area contributed by atoms with Gasteiger partial charge in [0.2, 0.25) is 0 Å². The Balaban J connectivity index is 1.57. The van der Waals surface area contributed by atoms with Crippen LogP contribution in [0.3, 0.4) is 0 Å². The highest BCUT2D eigenvalue weighted by Crippen LogP contribution is 2.26. The lowest BCUT2D eigenvalue weighted by Crippen LogP contribution is -2.38. The van der Waals surface area contributed by atoms with Crippen molar-refractivity contribution in [3.63, 3.8) is 0 Å². The number of hydrogen-bond acceptors (Lipinski definition) is 4. The number of aromatic carboxylic acids is 1. The van der Waals surface area contributed by atoms with Crippen LogP contribution in [0.2, 0.25) is 0 Å². The topological polar surface area (TPSA) is 61.8 Å². The molecule has 1 heterocycles. The number of benzene rings is 3. The zero-order valence-corrected chi connectivity index (χ0v) is 18.5. The molecule has 3 aromatic carbocycles. The normalized spacial score (nSPS) is 16.6. The maximum Gasteiger partial charge on any atom is 0.335 e. The van der Waals surface area contributed by atoms with Crippen LogP contribution in [-0.4, -0.2) is 54.8 Å². The van der Waals surface area contributed by atoms with Crippen molar-refractivity contribution in [1.82, 2.24) is 10.2 Å². The van der Waals surface area contributed by atoms with Gasteiger partial charge in [0, 0.05) is 24.5 Å². The molecule has 0 spiro atoms. The molecule has 4 rings (SSSR count). The van der Waals surface area contributed by atoms with E-state index in [1.165, 1.54) is 0 Å². The van der Waals surface area contributed by atoms with E-state index in [1.54, 1.807) is 12.1 Å². The van der Waals surface area contributed by atoms with Gasteiger partial charge in [0.15, 0.2) is 0 Å². The number of carboxylic acid groups (broad SMARTS) is 1. The average Bonchev–Trinajstić information content (AvgIpc) is 3.36. The summed E-state index contributed by atoms with van der Waals surface area (Å²) < 4.78 is 6.32. The Labute approximate surface area is 189 Å². The molecule has 1 aliphatic heterocycles. The highest BCUT2D eigenvalue weighted by molar-refractivity contribution is 5.88. The van der Waals surface area contributed by atoms with Gasteiger partial charge in [0.05, 0.1) is 5.56 Å². The molecule has 1 aliphatic rings. The van der Waals surface area contributed by atoms with Crippen molar-refractivity contribution in [2.24, 2.45) is 0 Å². The van der Waals surface area contributed by atoms with Crippen molar-refractivity contribution in [2.75, 3.05) is 32.8 Å². The zero-order chi connectivity index (χ0) is 22.3. The summed E-state index contributed by atoms with van der Waals surface area (Å²) in [6.45, 7) is 6.53. The van der Waals surface area contributed by atoms with Gasteiger partial charge in [0.1, 0.15) is 12.4 Å². The molecular formula is C27H30N2O3. The average molecular weight is 431 g/mol. The highest BCUT2D eigenvalue weighted by Gasteiger charge is 2.22. The van der Waals surface area contributed by atoms with Crippen molar-refractivity contribution in [3.8, 4) is 5.75 Å². The third-order valence-electron chi connectivity index (χ3n) is 6.05. The Hall–Kier alpha value is -3.15. The number of ether oxygens (including phenoxy) is 1. The number of rotatable bonds is 9. The van der Waals surface area contributed by atoms with Crippen molar-refractivity contribution < 1.29 is 14.6 Å². The molecular weight excluding hydrogens is 400 g/mol. The summed E-state index contributed by atoms with van der Waals surface area (Å²) >= 11 is 0. The molecule has 2 N–H and O–H groups in total. The van der Waals surface area contributed by atoms with E-state index >= 15 is 0 Å². The second-order valence-electron chi connectivity index (χ2n) is 8.21. The first-order chi connectivity index (χ1) is 15.6. The fraction of sp³-hybridized carbons (Fsp3) is 0.296. The van der Waals surface area contributed by atoms with Gasteiger partial charge in [-0.05, 0) is 54.2 Å². The molecule has 0 amide bonds. The number of carbonyl (C=O) groups is 1. The first-order valence-corrected chi connectivity index (χ1v) is 11.2. The van der Waals surface area contributed by atoms with Crippen LogP contribution >= 0.6 is 0 Å². The van der Waals surface area contributed by atoms with Crippen LogP contribution in [0.4, 0.5) is 0 Å². The second-order valence-corrected chi connectivity index (χ2v) is 8.21. The van der Waals surface area contributed by atoms with E-state index in [4.69, 9.17) is 4.74 Å². The molecule has 5 nitrogen and oxygen atoms in total. The SMILES string of the molecule is CCN(CC(=Cc1ccc(C(=O)O)cc1)COc1cccc2ccccc12)C1CCNC1. The van der Waals surface area contributed by atoms with Crippen molar-refractivity contribution in [1.29, 1.82) is 0 Å². The highest BCUT2D eigenvalue weighted by atomic mass is 16.5. The van der Waals surface area contributed by atoms with Crippen LogP contribution in [0.5, 0.6) is 5.75 Å². The molecule has 5 heteroatoms. The summed E-state index contributed by atoms with van der Waals surface area (Å²) in [6, 6.07) is 21.9. The fourth-order valence-corrected chi connectivity index (χ4v) is 4.29. The number of fused-ring (bicyclic) bond motifs is 1. The molecule has 0 saturated carbocycles. The largest absolute Gasteiger partial charge is 0.489 e. The van der Waals surface area contributed by atoms with E-state index in [0.29, 0.717) is 18.2 Å². The van der Waals surface area contributed by atoms with E-state index in [-0.39, 0.29) is 0 Å². The summed E-state index contributed by atoms with van der Waals surface area (Å²) in [7, 11) is 0. The van der Waals surface area contributed by atoms with E-state index in [2.05, 4.69) is 41.4 Å². The third kappa shape index (κ3) is 5.36. The molecule has 0 aliphatic carbocycles. The van der Waals surface area contributed by atoms with Gasteiger partial charge in [-0.2, -0.15) is 0 Å². The van der Waals surface area contributed by atoms with Gasteiger partial charge in [-0.1, -0.05) is 61.5 Å². The molecule has 0 bridgehead atoms. The lowest BCUT2D eigenvalue weighted by atomic mass is 10.1. The second kappa shape index (κ2) is 10.4. The molecule has 3 aromatic rings. The van der Waals surface area contributed by atoms with Gasteiger partial charge in [-0.3, -0.25) is 4.90 Å². The quantitative estimate of drug-likeness (QED) is 0.516. The Morgan fingerprint density at radius 1 is 1.12 bits per heavy atom. The molecule has 1 fully saturated rings. The Bertz CT molecular complexity index is 1080. The first-order valence-electron chi connectivity index (χ1n) is 11.2. The number of carboxylic acids is 1.